The molecule has 3 N–H and O–H groups in total. The summed E-state index contributed by atoms with van der Waals surface area (Å²) in [5.74, 6) is 0.184. The number of nitrogens with zero attached hydrogens (tertiary/aromatic N) is 3. The minimum Gasteiger partial charge on any atom is -0.438 e. The van der Waals surface area contributed by atoms with Crippen molar-refractivity contribution in [3.8, 4) is 17.8 Å². The molecule has 1 aliphatic heterocycles. The number of nitriles is 1. The van der Waals surface area contributed by atoms with Gasteiger partial charge in [-0.25, -0.2) is 4.98 Å². The van der Waals surface area contributed by atoms with Gasteiger partial charge in [-0.2, -0.15) is 5.26 Å². The predicted octanol–water partition coefficient (Wildman–Crippen LogP) is 2.64. The number of amides is 1. The summed E-state index contributed by atoms with van der Waals surface area (Å²) in [5.41, 5.74) is 7.55. The summed E-state index contributed by atoms with van der Waals surface area (Å²) in [6.07, 6.45) is 5.49. The number of nitrogens with one attached hydrogen (secondary N) is 1. The first-order chi connectivity index (χ1) is 12.5. The molecule has 3 rings (SSSR count). The Bertz CT molecular complexity index is 821. The number of rotatable bonds is 5. The number of aromatic nitrogens is 1. The van der Waals surface area contributed by atoms with Crippen LogP contribution in [0.4, 0.5) is 5.69 Å². The number of carbonyl (C=O) groups is 1. The van der Waals surface area contributed by atoms with Crippen LogP contribution in [0.25, 0.3) is 0 Å². The lowest BCUT2D eigenvalue weighted by molar-refractivity contribution is 0.0997. The lowest BCUT2D eigenvalue weighted by Crippen LogP contribution is -2.36. The van der Waals surface area contributed by atoms with Crippen LogP contribution in [0.3, 0.4) is 0 Å². The molecule has 0 radical (unpaired) electrons. The van der Waals surface area contributed by atoms with Gasteiger partial charge in [0, 0.05) is 19.1 Å². The topological polar surface area (TPSA) is 104 Å². The maximum atomic E-state index is 11.8. The molecule has 26 heavy (non-hydrogen) atoms. The van der Waals surface area contributed by atoms with E-state index in [4.69, 9.17) is 15.7 Å². The molecule has 0 unspecified atom stereocenters. The second-order valence-electron chi connectivity index (χ2n) is 6.36. The average molecular weight is 351 g/mol. The first kappa shape index (κ1) is 17.5. The predicted molar refractivity (Wildman–Crippen MR) is 97.8 cm³/mol. The van der Waals surface area contributed by atoms with Gasteiger partial charge in [-0.15, -0.1) is 0 Å². The number of carbonyl (C=O) groups excluding carboxylic acids is 1. The Balaban J connectivity index is 1.73. The number of piperidine rings is 1. The first-order valence-corrected chi connectivity index (χ1v) is 8.51. The van der Waals surface area contributed by atoms with E-state index in [2.05, 4.69) is 16.5 Å². The molecule has 7 heteroatoms. The van der Waals surface area contributed by atoms with Crippen LogP contribution in [0, 0.1) is 18.4 Å². The molecular weight excluding hydrogens is 330 g/mol. The fourth-order valence-corrected chi connectivity index (χ4v) is 2.87. The standard InChI is InChI=1S/C19H21N5O2/c1-13-2-4-16(5-3-13)26-19-17(18(21)25)10-15(11-22-19)23-14-6-8-24(12-20)9-7-14/h2-5,10-11,14,23H,6-9H2,1H3,(H2,21,25). The van der Waals surface area contributed by atoms with Crippen LogP contribution in [0.5, 0.6) is 11.6 Å². The molecule has 1 fully saturated rings. The van der Waals surface area contributed by atoms with Gasteiger partial charge in [0.1, 0.15) is 11.3 Å². The third kappa shape index (κ3) is 4.22. The number of aryl methyl sites for hydroxylation is 1. The molecule has 2 aromatic rings. The van der Waals surface area contributed by atoms with E-state index in [0.29, 0.717) is 11.4 Å². The van der Waals surface area contributed by atoms with E-state index in [1.165, 1.54) is 0 Å². The summed E-state index contributed by atoms with van der Waals surface area (Å²) in [4.78, 5) is 17.8. The summed E-state index contributed by atoms with van der Waals surface area (Å²) >= 11 is 0. The Morgan fingerprint density at radius 3 is 2.65 bits per heavy atom. The Kier molecular flexibility index (Phi) is 5.23. The number of benzene rings is 1. The number of primary amides is 1. The van der Waals surface area contributed by atoms with Crippen LogP contribution in [0.2, 0.25) is 0 Å². The molecule has 134 valence electrons. The quantitative estimate of drug-likeness (QED) is 0.803. The number of ether oxygens (including phenoxy) is 1. The molecule has 0 atom stereocenters. The van der Waals surface area contributed by atoms with Crippen molar-refractivity contribution in [2.45, 2.75) is 25.8 Å². The molecule has 7 nitrogen and oxygen atoms in total. The van der Waals surface area contributed by atoms with Crippen LogP contribution >= 0.6 is 0 Å². The van der Waals surface area contributed by atoms with Gasteiger partial charge in [-0.3, -0.25) is 4.79 Å². The lowest BCUT2D eigenvalue weighted by Gasteiger charge is -2.29. The highest BCUT2D eigenvalue weighted by Gasteiger charge is 2.19. The van der Waals surface area contributed by atoms with Crippen molar-refractivity contribution >= 4 is 11.6 Å². The number of likely N-dealkylation sites (tertiary alicyclic amines) is 1. The van der Waals surface area contributed by atoms with Crippen LogP contribution in [-0.4, -0.2) is 34.9 Å². The summed E-state index contributed by atoms with van der Waals surface area (Å²) in [6.45, 7) is 3.43. The van der Waals surface area contributed by atoms with Gasteiger partial charge >= 0.3 is 0 Å². The third-order valence-electron chi connectivity index (χ3n) is 4.36. The molecule has 1 aromatic carbocycles. The smallest absolute Gasteiger partial charge is 0.254 e. The normalized spacial score (nSPS) is 14.5. The van der Waals surface area contributed by atoms with Gasteiger partial charge in [0.2, 0.25) is 5.88 Å². The zero-order chi connectivity index (χ0) is 18.5. The minimum absolute atomic E-state index is 0.186. The van der Waals surface area contributed by atoms with E-state index >= 15 is 0 Å². The lowest BCUT2D eigenvalue weighted by atomic mass is 10.1. The molecule has 0 spiro atoms. The van der Waals surface area contributed by atoms with Gasteiger partial charge in [0.05, 0.1) is 11.9 Å². The number of hydrogen-bond acceptors (Lipinski definition) is 6. The minimum atomic E-state index is -0.595. The van der Waals surface area contributed by atoms with Gasteiger partial charge in [0.15, 0.2) is 6.19 Å². The van der Waals surface area contributed by atoms with Crippen molar-refractivity contribution < 1.29 is 9.53 Å². The Labute approximate surface area is 152 Å². The molecule has 1 aliphatic rings. The van der Waals surface area contributed by atoms with E-state index in [-0.39, 0.29) is 17.5 Å². The molecule has 0 saturated carbocycles. The number of pyridine rings is 1. The summed E-state index contributed by atoms with van der Waals surface area (Å²) in [5, 5.41) is 12.3. The average Bonchev–Trinajstić information content (AvgIpc) is 2.65. The van der Waals surface area contributed by atoms with Gasteiger partial charge in [0.25, 0.3) is 5.91 Å². The van der Waals surface area contributed by atoms with Gasteiger partial charge in [-0.1, -0.05) is 17.7 Å². The first-order valence-electron chi connectivity index (χ1n) is 8.51. The van der Waals surface area contributed by atoms with Gasteiger partial charge in [-0.05, 0) is 38.0 Å². The fraction of sp³-hybridized carbons (Fsp3) is 0.316. The maximum Gasteiger partial charge on any atom is 0.254 e. The highest BCUT2D eigenvalue weighted by Crippen LogP contribution is 2.26. The maximum absolute atomic E-state index is 11.8. The SMILES string of the molecule is Cc1ccc(Oc2ncc(NC3CCN(C#N)CC3)cc2C(N)=O)cc1. The molecule has 1 aromatic heterocycles. The zero-order valence-corrected chi connectivity index (χ0v) is 14.6. The van der Waals surface area contributed by atoms with Crippen LogP contribution < -0.4 is 15.8 Å². The number of anilines is 1. The molecule has 0 bridgehead atoms. The Morgan fingerprint density at radius 2 is 2.04 bits per heavy atom. The molecule has 1 amide bonds. The van der Waals surface area contributed by atoms with Gasteiger partial charge < -0.3 is 20.7 Å². The molecule has 1 saturated heterocycles. The van der Waals surface area contributed by atoms with Crippen molar-refractivity contribution in [2.75, 3.05) is 18.4 Å². The van der Waals surface area contributed by atoms with Crippen molar-refractivity contribution in [1.29, 1.82) is 5.26 Å². The van der Waals surface area contributed by atoms with Crippen molar-refractivity contribution in [1.82, 2.24) is 9.88 Å². The van der Waals surface area contributed by atoms with E-state index in [9.17, 15) is 4.79 Å². The van der Waals surface area contributed by atoms with Crippen LogP contribution in [-0.2, 0) is 0 Å². The number of hydrogen-bond donors (Lipinski definition) is 2. The molecular formula is C19H21N5O2. The van der Waals surface area contributed by atoms with Crippen molar-refractivity contribution in [2.24, 2.45) is 5.73 Å². The number of nitrogens with two attached hydrogens (primary N) is 1. The second kappa shape index (κ2) is 7.74. The highest BCUT2D eigenvalue weighted by atomic mass is 16.5. The van der Waals surface area contributed by atoms with E-state index in [1.54, 1.807) is 17.2 Å². The largest absolute Gasteiger partial charge is 0.438 e. The van der Waals surface area contributed by atoms with E-state index in [1.807, 2.05) is 31.2 Å². The highest BCUT2D eigenvalue weighted by molar-refractivity contribution is 5.96. The van der Waals surface area contributed by atoms with Crippen molar-refractivity contribution in [3.63, 3.8) is 0 Å². The van der Waals surface area contributed by atoms with Crippen molar-refractivity contribution in [3.05, 3.63) is 47.7 Å². The monoisotopic (exact) mass is 351 g/mol. The summed E-state index contributed by atoms with van der Waals surface area (Å²) < 4.78 is 5.72. The fourth-order valence-electron chi connectivity index (χ4n) is 2.87. The summed E-state index contributed by atoms with van der Waals surface area (Å²) in [7, 11) is 0. The zero-order valence-electron chi connectivity index (χ0n) is 14.6. The Hall–Kier alpha value is -3.27. The third-order valence-corrected chi connectivity index (χ3v) is 4.36. The second-order valence-corrected chi connectivity index (χ2v) is 6.36. The molecule has 2 heterocycles. The Morgan fingerprint density at radius 1 is 1.35 bits per heavy atom. The molecule has 0 aliphatic carbocycles. The van der Waals surface area contributed by atoms with E-state index in [0.717, 1.165) is 31.5 Å². The van der Waals surface area contributed by atoms with Crippen LogP contribution in [0.15, 0.2) is 36.5 Å². The van der Waals surface area contributed by atoms with Crippen LogP contribution in [0.1, 0.15) is 28.8 Å². The summed E-state index contributed by atoms with van der Waals surface area (Å²) in [6, 6.07) is 9.36. The van der Waals surface area contributed by atoms with E-state index < -0.39 is 5.91 Å².